The molecular weight excluding hydrogens is 677 g/mol. The molecule has 0 unspecified atom stereocenters. The van der Waals surface area contributed by atoms with Gasteiger partial charge in [-0.1, -0.05) is 127 Å². The molecule has 0 bridgehead atoms. The Morgan fingerprint density at radius 1 is 0.400 bits per heavy atom. The highest BCUT2D eigenvalue weighted by molar-refractivity contribution is 6.13. The van der Waals surface area contributed by atoms with Crippen LogP contribution in [0.1, 0.15) is 0 Å². The summed E-state index contributed by atoms with van der Waals surface area (Å²) in [4.78, 5) is 17.8. The van der Waals surface area contributed by atoms with E-state index in [9.17, 15) is 0 Å². The monoisotopic (exact) mass is 706 g/mol. The molecule has 1 aliphatic rings. The van der Waals surface area contributed by atoms with Gasteiger partial charge in [-0.25, -0.2) is 15.0 Å². The van der Waals surface area contributed by atoms with Gasteiger partial charge in [0.25, 0.3) is 0 Å². The number of aromatic nitrogens is 3. The van der Waals surface area contributed by atoms with Gasteiger partial charge in [-0.15, -0.1) is 0 Å². The fraction of sp³-hybridized carbons (Fsp3) is 0. The van der Waals surface area contributed by atoms with Gasteiger partial charge in [-0.2, -0.15) is 0 Å². The summed E-state index contributed by atoms with van der Waals surface area (Å²) in [6.45, 7) is 0. The first-order chi connectivity index (χ1) is 27.3. The molecule has 0 aliphatic carbocycles. The minimum absolute atomic E-state index is 0.532. The van der Waals surface area contributed by atoms with Crippen molar-refractivity contribution in [1.82, 2.24) is 15.0 Å². The van der Waals surface area contributed by atoms with E-state index >= 15 is 0 Å². The molecule has 0 spiro atoms. The van der Waals surface area contributed by atoms with E-state index in [0.717, 1.165) is 89.1 Å². The summed E-state index contributed by atoms with van der Waals surface area (Å²) >= 11 is 0. The molecule has 0 amide bonds. The number of ether oxygens (including phenoxy) is 1. The molecule has 0 atom stereocenters. The van der Waals surface area contributed by atoms with Crippen molar-refractivity contribution in [2.24, 2.45) is 0 Å². The van der Waals surface area contributed by atoms with Crippen LogP contribution in [0.2, 0.25) is 0 Å². The van der Waals surface area contributed by atoms with Crippen molar-refractivity contribution in [3.05, 3.63) is 182 Å². The molecule has 11 rings (SSSR count). The number of hydrogen-bond acceptors (Lipinski definition) is 6. The number of hydrogen-bond donors (Lipinski definition) is 0. The lowest BCUT2D eigenvalue weighted by atomic mass is 9.90. The number of fused-ring (bicyclic) bond motifs is 5. The molecule has 6 heteroatoms. The lowest BCUT2D eigenvalue weighted by molar-refractivity contribution is 0.487. The van der Waals surface area contributed by atoms with E-state index in [0.29, 0.717) is 17.5 Å². The summed E-state index contributed by atoms with van der Waals surface area (Å²) in [5, 5.41) is 4.17. The van der Waals surface area contributed by atoms with Crippen LogP contribution in [0.3, 0.4) is 0 Å². The van der Waals surface area contributed by atoms with Crippen LogP contribution in [0, 0.1) is 0 Å². The SMILES string of the molecule is c1ccc(-c2nc(-c3cccc4c3-c3cccc5c(N(c6ccccc6)c6ccccc6)ccc(c35)O4)nc(-c3cccc4c3oc3ccccc34)n2)cc1. The summed E-state index contributed by atoms with van der Waals surface area (Å²) in [5.74, 6) is 3.20. The molecule has 10 aromatic rings. The smallest absolute Gasteiger partial charge is 0.167 e. The van der Waals surface area contributed by atoms with Crippen LogP contribution in [-0.4, -0.2) is 15.0 Å². The maximum atomic E-state index is 6.77. The highest BCUT2D eigenvalue weighted by atomic mass is 16.5. The first-order valence-electron chi connectivity index (χ1n) is 18.3. The second-order valence-corrected chi connectivity index (χ2v) is 13.6. The molecule has 0 saturated carbocycles. The molecule has 3 heterocycles. The molecule has 0 fully saturated rings. The van der Waals surface area contributed by atoms with Crippen molar-refractivity contribution >= 4 is 49.8 Å². The Balaban J connectivity index is 1.14. The van der Waals surface area contributed by atoms with Crippen LogP contribution in [0.25, 0.3) is 78.0 Å². The molecule has 258 valence electrons. The first-order valence-corrected chi connectivity index (χ1v) is 18.3. The van der Waals surface area contributed by atoms with Gasteiger partial charge >= 0.3 is 0 Å². The van der Waals surface area contributed by atoms with Gasteiger partial charge in [-0.05, 0) is 60.2 Å². The fourth-order valence-corrected chi connectivity index (χ4v) is 7.88. The number of rotatable bonds is 6. The Kier molecular flexibility index (Phi) is 7.07. The second kappa shape index (κ2) is 12.5. The highest BCUT2D eigenvalue weighted by Gasteiger charge is 2.28. The standard InChI is InChI=1S/C49H30N4O2/c1-4-15-31(16-5-1)47-50-48(52-49(51-47)39-26-12-22-35-34-21-10-11-27-41(34)55-46(35)39)38-25-14-28-42-45(38)37-24-13-23-36-40(29-30-43(54-42)44(36)37)53(32-17-6-2-7-18-32)33-19-8-3-9-20-33/h1-30H. The van der Waals surface area contributed by atoms with Gasteiger partial charge in [0.1, 0.15) is 22.7 Å². The van der Waals surface area contributed by atoms with Gasteiger partial charge in [0.2, 0.25) is 0 Å². The summed E-state index contributed by atoms with van der Waals surface area (Å²) in [7, 11) is 0. The van der Waals surface area contributed by atoms with Gasteiger partial charge in [-0.3, -0.25) is 0 Å². The fourth-order valence-electron chi connectivity index (χ4n) is 7.88. The molecule has 0 N–H and O–H groups in total. The minimum atomic E-state index is 0.532. The normalized spacial score (nSPS) is 11.8. The van der Waals surface area contributed by atoms with Gasteiger partial charge in [0.05, 0.1) is 11.3 Å². The van der Waals surface area contributed by atoms with E-state index in [2.05, 4.69) is 102 Å². The van der Waals surface area contributed by atoms with E-state index < -0.39 is 0 Å². The summed E-state index contributed by atoms with van der Waals surface area (Å²) in [5.41, 5.74) is 9.27. The Morgan fingerprint density at radius 2 is 0.982 bits per heavy atom. The summed E-state index contributed by atoms with van der Waals surface area (Å²) in [6, 6.07) is 62.0. The zero-order chi connectivity index (χ0) is 36.3. The number of benzene rings is 8. The minimum Gasteiger partial charge on any atom is -0.456 e. The van der Waals surface area contributed by atoms with E-state index in [4.69, 9.17) is 24.1 Å². The average molecular weight is 707 g/mol. The van der Waals surface area contributed by atoms with Crippen molar-refractivity contribution in [2.45, 2.75) is 0 Å². The molecular formula is C49H30N4O2. The second-order valence-electron chi connectivity index (χ2n) is 13.6. The molecule has 55 heavy (non-hydrogen) atoms. The Bertz CT molecular complexity index is 3030. The van der Waals surface area contributed by atoms with Crippen LogP contribution in [-0.2, 0) is 0 Å². The van der Waals surface area contributed by atoms with Gasteiger partial charge in [0, 0.05) is 49.6 Å². The Labute approximate surface area is 316 Å². The molecule has 6 nitrogen and oxygen atoms in total. The van der Waals surface area contributed by atoms with Crippen molar-refractivity contribution in [3.8, 4) is 56.8 Å². The van der Waals surface area contributed by atoms with E-state index in [-0.39, 0.29) is 0 Å². The quantitative estimate of drug-likeness (QED) is 0.171. The number of furan rings is 1. The zero-order valence-corrected chi connectivity index (χ0v) is 29.4. The number of anilines is 3. The molecule has 8 aromatic carbocycles. The average Bonchev–Trinajstić information content (AvgIpc) is 3.64. The molecule has 0 radical (unpaired) electrons. The third-order valence-electron chi connectivity index (χ3n) is 10.3. The predicted octanol–water partition coefficient (Wildman–Crippen LogP) is 13.2. The van der Waals surface area contributed by atoms with Gasteiger partial charge < -0.3 is 14.1 Å². The van der Waals surface area contributed by atoms with E-state index in [1.54, 1.807) is 0 Å². The molecule has 1 aliphatic heterocycles. The highest BCUT2D eigenvalue weighted by Crippen LogP contribution is 2.53. The Morgan fingerprint density at radius 3 is 1.75 bits per heavy atom. The summed E-state index contributed by atoms with van der Waals surface area (Å²) < 4.78 is 13.2. The van der Waals surface area contributed by atoms with Crippen LogP contribution < -0.4 is 9.64 Å². The van der Waals surface area contributed by atoms with Crippen LogP contribution in [0.5, 0.6) is 11.5 Å². The lowest BCUT2D eigenvalue weighted by Gasteiger charge is -2.29. The maximum absolute atomic E-state index is 6.77. The molecule has 2 aromatic heterocycles. The molecule has 0 saturated heterocycles. The third kappa shape index (κ3) is 5.07. The van der Waals surface area contributed by atoms with E-state index in [1.165, 1.54) is 0 Å². The summed E-state index contributed by atoms with van der Waals surface area (Å²) in [6.07, 6.45) is 0. The van der Waals surface area contributed by atoms with Crippen molar-refractivity contribution in [1.29, 1.82) is 0 Å². The maximum Gasteiger partial charge on any atom is 0.167 e. The number of para-hydroxylation sites is 4. The van der Waals surface area contributed by atoms with Crippen molar-refractivity contribution in [3.63, 3.8) is 0 Å². The van der Waals surface area contributed by atoms with Crippen LogP contribution in [0.4, 0.5) is 17.1 Å². The Hall–Kier alpha value is -7.57. The largest absolute Gasteiger partial charge is 0.456 e. The van der Waals surface area contributed by atoms with Crippen molar-refractivity contribution < 1.29 is 9.15 Å². The van der Waals surface area contributed by atoms with Gasteiger partial charge in [0.15, 0.2) is 17.5 Å². The van der Waals surface area contributed by atoms with Crippen molar-refractivity contribution in [2.75, 3.05) is 4.90 Å². The zero-order valence-electron chi connectivity index (χ0n) is 29.4. The van der Waals surface area contributed by atoms with Crippen LogP contribution in [0.15, 0.2) is 186 Å². The lowest BCUT2D eigenvalue weighted by Crippen LogP contribution is -2.11. The van der Waals surface area contributed by atoms with E-state index in [1.807, 2.05) is 84.9 Å². The number of nitrogens with zero attached hydrogens (tertiary/aromatic N) is 4. The predicted molar refractivity (Wildman–Crippen MR) is 221 cm³/mol. The first kappa shape index (κ1) is 31.0. The topological polar surface area (TPSA) is 64.3 Å². The van der Waals surface area contributed by atoms with Crippen LogP contribution >= 0.6 is 0 Å². The third-order valence-corrected chi connectivity index (χ3v) is 10.3.